The summed E-state index contributed by atoms with van der Waals surface area (Å²) in [6, 6.07) is 4.65. The number of anilines is 1. The van der Waals surface area contributed by atoms with Gasteiger partial charge in [0, 0.05) is 30.8 Å². The summed E-state index contributed by atoms with van der Waals surface area (Å²) in [6.45, 7) is 5.39. The van der Waals surface area contributed by atoms with Crippen molar-refractivity contribution in [1.29, 1.82) is 0 Å². The van der Waals surface area contributed by atoms with Crippen molar-refractivity contribution in [3.8, 4) is 0 Å². The normalized spacial score (nSPS) is 15.1. The highest BCUT2D eigenvalue weighted by molar-refractivity contribution is 5.92. The Kier molecular flexibility index (Phi) is 7.62. The number of fused-ring (bicyclic) bond motifs is 2. The van der Waals surface area contributed by atoms with Gasteiger partial charge < -0.3 is 15.2 Å². The van der Waals surface area contributed by atoms with Crippen LogP contribution in [-0.2, 0) is 24.3 Å². The molecule has 2 unspecified atom stereocenters. The van der Waals surface area contributed by atoms with E-state index in [9.17, 15) is 14.0 Å². The van der Waals surface area contributed by atoms with Crippen LogP contribution in [0.25, 0.3) is 11.0 Å². The second-order valence-electron chi connectivity index (χ2n) is 9.05. The highest BCUT2D eigenvalue weighted by Crippen LogP contribution is 2.20. The quantitative estimate of drug-likeness (QED) is 0.474. The van der Waals surface area contributed by atoms with Crippen molar-refractivity contribution in [2.75, 3.05) is 5.32 Å². The lowest BCUT2D eigenvalue weighted by Gasteiger charge is -2.20. The summed E-state index contributed by atoms with van der Waals surface area (Å²) < 4.78 is 15.3. The molecule has 0 saturated heterocycles. The van der Waals surface area contributed by atoms with Crippen LogP contribution in [0.4, 0.5) is 10.2 Å². The van der Waals surface area contributed by atoms with Crippen LogP contribution in [0, 0.1) is 11.7 Å². The number of hydrogen-bond donors (Lipinski definition) is 2. The van der Waals surface area contributed by atoms with Crippen LogP contribution in [0.3, 0.4) is 0 Å². The standard InChI is InChI=1S/C25H31FN6O2/c1-3-19(27-14-22-29-13-17-5-9-23(33)31-25(17)30-22)7-4-16(2)10-11-32-21-12-18(26)6-8-20(21)28-15-24(32)34/h6,8,12-13,15-16,19,27H,3-5,7,9-11,14H2,1-2H3,(H,29,30,31,33). The van der Waals surface area contributed by atoms with Gasteiger partial charge in [0.05, 0.1) is 23.8 Å². The van der Waals surface area contributed by atoms with Gasteiger partial charge in [-0.3, -0.25) is 9.59 Å². The number of nitrogens with one attached hydrogen (secondary N) is 2. The van der Waals surface area contributed by atoms with E-state index >= 15 is 0 Å². The van der Waals surface area contributed by atoms with E-state index in [1.165, 1.54) is 18.3 Å². The molecule has 180 valence electrons. The molecule has 9 heteroatoms. The summed E-state index contributed by atoms with van der Waals surface area (Å²) in [4.78, 5) is 37.0. The summed E-state index contributed by atoms with van der Waals surface area (Å²) >= 11 is 0. The highest BCUT2D eigenvalue weighted by Gasteiger charge is 2.17. The molecule has 1 aliphatic rings. The van der Waals surface area contributed by atoms with E-state index < -0.39 is 0 Å². The van der Waals surface area contributed by atoms with Crippen LogP contribution < -0.4 is 16.2 Å². The van der Waals surface area contributed by atoms with Crippen LogP contribution in [0.2, 0.25) is 0 Å². The minimum atomic E-state index is -0.371. The first-order valence-corrected chi connectivity index (χ1v) is 12.0. The number of aromatic nitrogens is 4. The second kappa shape index (κ2) is 10.8. The third-order valence-electron chi connectivity index (χ3n) is 6.50. The third-order valence-corrected chi connectivity index (χ3v) is 6.50. The van der Waals surface area contributed by atoms with Crippen LogP contribution in [0.1, 0.15) is 57.3 Å². The molecule has 0 saturated carbocycles. The van der Waals surface area contributed by atoms with Gasteiger partial charge in [-0.2, -0.15) is 0 Å². The van der Waals surface area contributed by atoms with Crippen LogP contribution in [-0.4, -0.2) is 31.5 Å². The number of benzene rings is 1. The molecule has 0 spiro atoms. The minimum Gasteiger partial charge on any atom is -0.310 e. The van der Waals surface area contributed by atoms with E-state index in [4.69, 9.17) is 0 Å². The maximum Gasteiger partial charge on any atom is 0.269 e. The van der Waals surface area contributed by atoms with Gasteiger partial charge in [0.15, 0.2) is 0 Å². The van der Waals surface area contributed by atoms with Crippen LogP contribution in [0.15, 0.2) is 35.4 Å². The molecule has 3 aromatic rings. The predicted octanol–water partition coefficient (Wildman–Crippen LogP) is 3.59. The van der Waals surface area contributed by atoms with Gasteiger partial charge in [-0.1, -0.05) is 13.8 Å². The molecule has 34 heavy (non-hydrogen) atoms. The van der Waals surface area contributed by atoms with Crippen molar-refractivity contribution in [3.63, 3.8) is 0 Å². The molecule has 3 heterocycles. The molecule has 1 aromatic carbocycles. The zero-order chi connectivity index (χ0) is 24.1. The Balaban J connectivity index is 1.28. The number of hydrogen-bond acceptors (Lipinski definition) is 6. The molecule has 1 amide bonds. The van der Waals surface area contributed by atoms with Crippen molar-refractivity contribution < 1.29 is 9.18 Å². The molecular formula is C25H31FN6O2. The maximum atomic E-state index is 13.7. The van der Waals surface area contributed by atoms with Crippen LogP contribution >= 0.6 is 0 Å². The van der Waals surface area contributed by atoms with E-state index in [1.807, 2.05) is 0 Å². The largest absolute Gasteiger partial charge is 0.310 e. The van der Waals surface area contributed by atoms with Crippen molar-refractivity contribution in [2.45, 2.75) is 71.5 Å². The Labute approximate surface area is 198 Å². The van der Waals surface area contributed by atoms with Crippen molar-refractivity contribution in [2.24, 2.45) is 5.92 Å². The van der Waals surface area contributed by atoms with Gasteiger partial charge in [0.1, 0.15) is 17.5 Å². The van der Waals surface area contributed by atoms with Gasteiger partial charge in [0.25, 0.3) is 5.56 Å². The average molecular weight is 467 g/mol. The molecule has 8 nitrogen and oxygen atoms in total. The Bertz CT molecular complexity index is 1230. The number of halogens is 1. The lowest BCUT2D eigenvalue weighted by Crippen LogP contribution is -2.30. The molecule has 4 rings (SSSR count). The molecule has 0 aliphatic carbocycles. The van der Waals surface area contributed by atoms with Gasteiger partial charge in [0.2, 0.25) is 5.91 Å². The van der Waals surface area contributed by atoms with Crippen molar-refractivity contribution in [1.82, 2.24) is 24.8 Å². The Morgan fingerprint density at radius 1 is 1.15 bits per heavy atom. The smallest absolute Gasteiger partial charge is 0.269 e. The average Bonchev–Trinajstić information content (AvgIpc) is 2.83. The number of carbonyl (C=O) groups excluding carboxylic acids is 1. The topological polar surface area (TPSA) is 102 Å². The summed E-state index contributed by atoms with van der Waals surface area (Å²) in [5.41, 5.74) is 1.93. The number of nitrogens with zero attached hydrogens (tertiary/aromatic N) is 4. The minimum absolute atomic E-state index is 0.00214. The van der Waals surface area contributed by atoms with Gasteiger partial charge in [-0.05, 0) is 56.2 Å². The Morgan fingerprint density at radius 2 is 2.00 bits per heavy atom. The number of carbonyl (C=O) groups is 1. The summed E-state index contributed by atoms with van der Waals surface area (Å²) in [5.74, 6) is 1.32. The lowest BCUT2D eigenvalue weighted by atomic mass is 9.97. The van der Waals surface area contributed by atoms with Gasteiger partial charge in [-0.15, -0.1) is 0 Å². The van der Waals surface area contributed by atoms with Crippen molar-refractivity contribution >= 4 is 22.8 Å². The van der Waals surface area contributed by atoms with E-state index in [2.05, 4.69) is 39.4 Å². The summed E-state index contributed by atoms with van der Waals surface area (Å²) in [7, 11) is 0. The summed E-state index contributed by atoms with van der Waals surface area (Å²) in [6.07, 6.45) is 8.04. The van der Waals surface area contributed by atoms with Crippen LogP contribution in [0.5, 0.6) is 0 Å². The molecule has 2 aromatic heterocycles. The van der Waals surface area contributed by atoms with Crippen molar-refractivity contribution in [3.05, 3.63) is 58.2 Å². The monoisotopic (exact) mass is 466 g/mol. The Morgan fingerprint density at radius 3 is 2.82 bits per heavy atom. The first kappa shape index (κ1) is 23.9. The fourth-order valence-electron chi connectivity index (χ4n) is 4.29. The first-order valence-electron chi connectivity index (χ1n) is 12.0. The zero-order valence-corrected chi connectivity index (χ0v) is 19.7. The van der Waals surface area contributed by atoms with E-state index in [-0.39, 0.29) is 17.3 Å². The Hall–Kier alpha value is -3.20. The molecular weight excluding hydrogens is 435 g/mol. The number of rotatable bonds is 10. The number of aryl methyl sites for hydroxylation is 2. The lowest BCUT2D eigenvalue weighted by molar-refractivity contribution is -0.116. The van der Waals surface area contributed by atoms with E-state index in [1.54, 1.807) is 16.8 Å². The fourth-order valence-corrected chi connectivity index (χ4v) is 4.29. The highest BCUT2D eigenvalue weighted by atomic mass is 19.1. The third kappa shape index (κ3) is 5.83. The summed E-state index contributed by atoms with van der Waals surface area (Å²) in [5, 5.41) is 6.35. The molecule has 0 bridgehead atoms. The maximum absolute atomic E-state index is 13.7. The van der Waals surface area contributed by atoms with E-state index in [0.29, 0.717) is 60.6 Å². The second-order valence-corrected chi connectivity index (χ2v) is 9.05. The molecule has 0 radical (unpaired) electrons. The first-order chi connectivity index (χ1) is 16.4. The number of amides is 1. The molecule has 0 fully saturated rings. The van der Waals surface area contributed by atoms with E-state index in [0.717, 1.165) is 31.2 Å². The molecule has 2 atom stereocenters. The zero-order valence-electron chi connectivity index (χ0n) is 19.7. The SMILES string of the molecule is CCC(CCC(C)CCn1c(=O)cnc2ccc(F)cc21)NCc1ncc2c(n1)NC(=O)CC2. The fraction of sp³-hybridized carbons (Fsp3) is 0.480. The van der Waals surface area contributed by atoms with Gasteiger partial charge >= 0.3 is 0 Å². The van der Waals surface area contributed by atoms with Gasteiger partial charge in [-0.25, -0.2) is 19.3 Å². The molecule has 1 aliphatic heterocycles. The molecule has 2 N–H and O–H groups in total. The predicted molar refractivity (Wildman–Crippen MR) is 129 cm³/mol.